The van der Waals surface area contributed by atoms with E-state index < -0.39 is 5.82 Å². The number of hydrogen-bond donors (Lipinski definition) is 1. The molecule has 4 nitrogen and oxygen atoms in total. The second kappa shape index (κ2) is 6.86. The summed E-state index contributed by atoms with van der Waals surface area (Å²) in [7, 11) is 0. The fraction of sp³-hybridized carbons (Fsp3) is 0.143. The fourth-order valence-electron chi connectivity index (χ4n) is 1.56. The van der Waals surface area contributed by atoms with E-state index in [1.807, 2.05) is 24.3 Å². The molecule has 0 atom stereocenters. The number of ether oxygens (including phenoxy) is 1. The molecule has 0 unspecified atom stereocenters. The highest BCUT2D eigenvalue weighted by Gasteiger charge is 2.01. The van der Waals surface area contributed by atoms with E-state index in [0.29, 0.717) is 18.9 Å². The van der Waals surface area contributed by atoms with Gasteiger partial charge in [0.2, 0.25) is 5.88 Å². The molecule has 0 saturated heterocycles. The summed E-state index contributed by atoms with van der Waals surface area (Å²) < 4.78 is 18.1. The lowest BCUT2D eigenvalue weighted by Crippen LogP contribution is -1.99. The Kier molecular flexibility index (Phi) is 4.90. The summed E-state index contributed by atoms with van der Waals surface area (Å²) in [5.41, 5.74) is 1.87. The van der Waals surface area contributed by atoms with E-state index in [-0.39, 0.29) is 5.17 Å². The highest BCUT2D eigenvalue weighted by atomic mass is 35.5. The van der Waals surface area contributed by atoms with E-state index in [1.54, 1.807) is 0 Å². The van der Waals surface area contributed by atoms with Gasteiger partial charge in [0.25, 0.3) is 0 Å². The van der Waals surface area contributed by atoms with Crippen LogP contribution in [0.5, 0.6) is 5.88 Å². The van der Waals surface area contributed by atoms with Crippen molar-refractivity contribution >= 4 is 16.8 Å². The number of pyridine rings is 1. The molecule has 0 spiro atoms. The minimum atomic E-state index is -0.399. The normalized spacial score (nSPS) is 11.4. The number of benzene rings is 1. The van der Waals surface area contributed by atoms with Crippen LogP contribution in [-0.2, 0) is 13.0 Å². The Labute approximate surface area is 120 Å². The average Bonchev–Trinajstić information content (AvgIpc) is 2.48. The van der Waals surface area contributed by atoms with E-state index >= 15 is 0 Å². The third-order valence-corrected chi connectivity index (χ3v) is 2.78. The number of rotatable bonds is 5. The van der Waals surface area contributed by atoms with Crippen LogP contribution in [0.4, 0.5) is 4.39 Å². The number of halogens is 2. The van der Waals surface area contributed by atoms with E-state index in [4.69, 9.17) is 21.5 Å². The average molecular weight is 295 g/mol. The van der Waals surface area contributed by atoms with Gasteiger partial charge in [-0.05, 0) is 17.2 Å². The second-order valence-electron chi connectivity index (χ2n) is 4.07. The molecule has 0 aliphatic carbocycles. The summed E-state index contributed by atoms with van der Waals surface area (Å²) in [5.74, 6) is -0.0323. The second-order valence-corrected chi connectivity index (χ2v) is 4.51. The number of aromatic nitrogens is 1. The van der Waals surface area contributed by atoms with Gasteiger partial charge in [-0.3, -0.25) is 0 Å². The molecule has 0 aliphatic heterocycles. The lowest BCUT2D eigenvalue weighted by atomic mass is 10.1. The third-order valence-electron chi connectivity index (χ3n) is 2.57. The minimum absolute atomic E-state index is 0.129. The maximum Gasteiger partial charge on any atom is 0.213 e. The highest BCUT2D eigenvalue weighted by Crippen LogP contribution is 2.11. The van der Waals surface area contributed by atoms with Crippen molar-refractivity contribution in [2.24, 2.45) is 5.16 Å². The first kappa shape index (κ1) is 14.3. The van der Waals surface area contributed by atoms with Crippen LogP contribution < -0.4 is 4.74 Å². The molecule has 1 N–H and O–H groups in total. The van der Waals surface area contributed by atoms with Gasteiger partial charge < -0.3 is 9.94 Å². The summed E-state index contributed by atoms with van der Waals surface area (Å²) in [6, 6.07) is 10.2. The number of oxime groups is 1. The van der Waals surface area contributed by atoms with Crippen LogP contribution in [0.2, 0.25) is 0 Å². The summed E-state index contributed by atoms with van der Waals surface area (Å²) in [4.78, 5) is 3.80. The molecule has 20 heavy (non-hydrogen) atoms. The molecular formula is C14H12ClFN2O2. The van der Waals surface area contributed by atoms with E-state index in [2.05, 4.69) is 10.1 Å². The van der Waals surface area contributed by atoms with Crippen LogP contribution in [0.3, 0.4) is 0 Å². The Balaban J connectivity index is 1.92. The monoisotopic (exact) mass is 294 g/mol. The summed E-state index contributed by atoms with van der Waals surface area (Å²) in [5, 5.41) is 11.5. The topological polar surface area (TPSA) is 54.7 Å². The minimum Gasteiger partial charge on any atom is -0.473 e. The molecule has 0 fully saturated rings. The molecule has 0 aliphatic rings. The van der Waals surface area contributed by atoms with Gasteiger partial charge in [-0.1, -0.05) is 41.0 Å². The number of hydrogen-bond acceptors (Lipinski definition) is 4. The molecule has 1 heterocycles. The van der Waals surface area contributed by atoms with Crippen LogP contribution in [-0.4, -0.2) is 15.4 Å². The van der Waals surface area contributed by atoms with Crippen molar-refractivity contribution in [1.29, 1.82) is 0 Å². The van der Waals surface area contributed by atoms with E-state index in [0.717, 1.165) is 17.3 Å². The predicted octanol–water partition coefficient (Wildman–Crippen LogP) is 3.37. The largest absolute Gasteiger partial charge is 0.473 e. The van der Waals surface area contributed by atoms with Crippen LogP contribution >= 0.6 is 11.6 Å². The molecule has 2 rings (SSSR count). The van der Waals surface area contributed by atoms with Crippen LogP contribution in [0.1, 0.15) is 11.1 Å². The van der Waals surface area contributed by atoms with Crippen molar-refractivity contribution in [3.05, 3.63) is 59.5 Å². The molecule has 1 aromatic heterocycles. The van der Waals surface area contributed by atoms with Gasteiger partial charge in [0.05, 0.1) is 6.20 Å². The van der Waals surface area contributed by atoms with Gasteiger partial charge in [0.15, 0.2) is 0 Å². The molecule has 0 amide bonds. The van der Waals surface area contributed by atoms with Crippen LogP contribution in [0, 0.1) is 5.82 Å². The van der Waals surface area contributed by atoms with Gasteiger partial charge in [-0.25, -0.2) is 9.37 Å². The van der Waals surface area contributed by atoms with Crippen LogP contribution in [0.25, 0.3) is 0 Å². The smallest absolute Gasteiger partial charge is 0.213 e. The Morgan fingerprint density at radius 3 is 2.50 bits per heavy atom. The Bertz CT molecular complexity index is 585. The van der Waals surface area contributed by atoms with Crippen molar-refractivity contribution in [2.45, 2.75) is 13.0 Å². The summed E-state index contributed by atoms with van der Waals surface area (Å²) in [6.07, 6.45) is 1.48. The zero-order chi connectivity index (χ0) is 14.4. The zero-order valence-corrected chi connectivity index (χ0v) is 11.2. The van der Waals surface area contributed by atoms with Crippen molar-refractivity contribution in [2.75, 3.05) is 0 Å². The lowest BCUT2D eigenvalue weighted by molar-refractivity contribution is 0.293. The van der Waals surface area contributed by atoms with Crippen molar-refractivity contribution in [3.8, 4) is 5.88 Å². The molecule has 0 saturated carbocycles. The Morgan fingerprint density at radius 1 is 1.20 bits per heavy atom. The Morgan fingerprint density at radius 2 is 1.90 bits per heavy atom. The van der Waals surface area contributed by atoms with E-state index in [1.165, 1.54) is 12.1 Å². The molecule has 2 aromatic rings. The quantitative estimate of drug-likeness (QED) is 0.522. The van der Waals surface area contributed by atoms with Gasteiger partial charge in [0.1, 0.15) is 17.6 Å². The summed E-state index contributed by atoms with van der Waals surface area (Å²) in [6.45, 7) is 0.334. The van der Waals surface area contributed by atoms with Crippen molar-refractivity contribution in [3.63, 3.8) is 0 Å². The van der Waals surface area contributed by atoms with E-state index in [9.17, 15) is 4.39 Å². The zero-order valence-electron chi connectivity index (χ0n) is 10.5. The summed E-state index contributed by atoms with van der Waals surface area (Å²) >= 11 is 5.63. The fourth-order valence-corrected chi connectivity index (χ4v) is 1.72. The maximum atomic E-state index is 12.7. The first-order chi connectivity index (χ1) is 9.67. The van der Waals surface area contributed by atoms with Gasteiger partial charge in [-0.2, -0.15) is 0 Å². The van der Waals surface area contributed by atoms with Gasteiger partial charge >= 0.3 is 0 Å². The SMILES string of the molecule is ON=C(Cl)Cc1ccc(COc2ccc(F)cn2)cc1. The molecule has 104 valence electrons. The highest BCUT2D eigenvalue weighted by molar-refractivity contribution is 6.65. The third kappa shape index (κ3) is 4.20. The molecule has 6 heteroatoms. The molecule has 0 bridgehead atoms. The Hall–Kier alpha value is -2.14. The molecule has 1 aromatic carbocycles. The first-order valence-corrected chi connectivity index (χ1v) is 6.24. The maximum absolute atomic E-state index is 12.7. The standard InChI is InChI=1S/C14H12ClFN2O2/c15-13(18-19)7-10-1-3-11(4-2-10)9-20-14-6-5-12(16)8-17-14/h1-6,8,19H,7,9H2. The molecule has 0 radical (unpaired) electrons. The first-order valence-electron chi connectivity index (χ1n) is 5.86. The van der Waals surface area contributed by atoms with Crippen molar-refractivity contribution < 1.29 is 14.3 Å². The van der Waals surface area contributed by atoms with Gasteiger partial charge in [-0.15, -0.1) is 0 Å². The molecular weight excluding hydrogens is 283 g/mol. The van der Waals surface area contributed by atoms with Crippen LogP contribution in [0.15, 0.2) is 47.8 Å². The predicted molar refractivity (Wildman–Crippen MR) is 73.7 cm³/mol. The number of nitrogens with zero attached hydrogens (tertiary/aromatic N) is 2. The lowest BCUT2D eigenvalue weighted by Gasteiger charge is -2.06. The van der Waals surface area contributed by atoms with Crippen molar-refractivity contribution in [1.82, 2.24) is 4.98 Å². The van der Waals surface area contributed by atoms with Gasteiger partial charge in [0, 0.05) is 12.5 Å².